The number of rotatable bonds is 8. The van der Waals surface area contributed by atoms with Crippen LogP contribution in [-0.4, -0.2) is 27.1 Å². The Morgan fingerprint density at radius 1 is 1.21 bits per heavy atom. The molecule has 0 aliphatic heterocycles. The van der Waals surface area contributed by atoms with E-state index in [0.29, 0.717) is 6.42 Å². The normalized spacial score (nSPS) is 14.3. The summed E-state index contributed by atoms with van der Waals surface area (Å²) in [7, 11) is 0. The van der Waals surface area contributed by atoms with Crippen LogP contribution >= 0.6 is 23.5 Å². The fourth-order valence-corrected chi connectivity index (χ4v) is 4.67. The van der Waals surface area contributed by atoms with E-state index >= 15 is 0 Å². The van der Waals surface area contributed by atoms with Gasteiger partial charge in [0.05, 0.1) is 0 Å². The molecule has 1 aliphatic rings. The van der Waals surface area contributed by atoms with Gasteiger partial charge < -0.3 is 5.11 Å². The fraction of sp³-hybridized carbons (Fsp3) is 0.368. The smallest absolute Gasteiger partial charge is 0.303 e. The second-order valence-electron chi connectivity index (χ2n) is 5.90. The Kier molecular flexibility index (Phi) is 6.21. The van der Waals surface area contributed by atoms with Gasteiger partial charge in [0.1, 0.15) is 5.03 Å². The fourth-order valence-electron chi connectivity index (χ4n) is 2.50. The van der Waals surface area contributed by atoms with E-state index in [1.165, 1.54) is 35.3 Å². The molecule has 0 spiro atoms. The summed E-state index contributed by atoms with van der Waals surface area (Å²) in [6, 6.07) is 12.7. The van der Waals surface area contributed by atoms with E-state index in [4.69, 9.17) is 5.11 Å². The molecule has 0 atom stereocenters. The van der Waals surface area contributed by atoms with Crippen LogP contribution in [0.15, 0.2) is 52.5 Å². The van der Waals surface area contributed by atoms with Crippen molar-refractivity contribution in [2.45, 2.75) is 47.3 Å². The summed E-state index contributed by atoms with van der Waals surface area (Å²) in [6.45, 7) is 0. The van der Waals surface area contributed by atoms with Gasteiger partial charge in [0.2, 0.25) is 0 Å². The van der Waals surface area contributed by atoms with E-state index in [0.717, 1.165) is 16.0 Å². The molecule has 2 aromatic rings. The molecule has 3 nitrogen and oxygen atoms in total. The van der Waals surface area contributed by atoms with Crippen molar-refractivity contribution in [1.29, 1.82) is 0 Å². The Morgan fingerprint density at radius 2 is 2.00 bits per heavy atom. The van der Waals surface area contributed by atoms with E-state index < -0.39 is 5.97 Å². The number of carboxylic acids is 1. The summed E-state index contributed by atoms with van der Waals surface area (Å²) >= 11 is 3.61. The van der Waals surface area contributed by atoms with Crippen LogP contribution in [0.2, 0.25) is 0 Å². The van der Waals surface area contributed by atoms with Crippen molar-refractivity contribution >= 4 is 29.5 Å². The number of hydrogen-bond donors (Lipinski definition) is 1. The molecule has 3 rings (SSSR count). The number of hydrogen-bond acceptors (Lipinski definition) is 4. The first kappa shape index (κ1) is 17.4. The van der Waals surface area contributed by atoms with Crippen LogP contribution in [0.25, 0.3) is 11.1 Å². The highest BCUT2D eigenvalue weighted by molar-refractivity contribution is 8.00. The first-order valence-corrected chi connectivity index (χ1v) is 10.2. The number of pyridine rings is 1. The summed E-state index contributed by atoms with van der Waals surface area (Å²) in [5, 5.41) is 10.5. The molecule has 5 heteroatoms. The second-order valence-corrected chi connectivity index (χ2v) is 8.35. The van der Waals surface area contributed by atoms with E-state index in [1.807, 2.05) is 24.0 Å². The SMILES string of the molecule is O=C(O)CCCSc1ccc(-c2cccnc2SC2CCC2)cc1. The molecule has 1 aliphatic carbocycles. The summed E-state index contributed by atoms with van der Waals surface area (Å²) < 4.78 is 0. The van der Waals surface area contributed by atoms with E-state index in [-0.39, 0.29) is 6.42 Å². The molecular weight excluding hydrogens is 338 g/mol. The maximum Gasteiger partial charge on any atom is 0.303 e. The molecule has 24 heavy (non-hydrogen) atoms. The molecule has 1 aromatic carbocycles. The van der Waals surface area contributed by atoms with Crippen LogP contribution < -0.4 is 0 Å². The summed E-state index contributed by atoms with van der Waals surface area (Å²) in [5.41, 5.74) is 2.40. The van der Waals surface area contributed by atoms with Gasteiger partial charge in [-0.25, -0.2) is 4.98 Å². The average Bonchev–Trinajstić information content (AvgIpc) is 2.56. The van der Waals surface area contributed by atoms with E-state index in [9.17, 15) is 4.79 Å². The van der Waals surface area contributed by atoms with Crippen molar-refractivity contribution in [2.75, 3.05) is 5.75 Å². The minimum atomic E-state index is -0.723. The second kappa shape index (κ2) is 8.58. The van der Waals surface area contributed by atoms with E-state index in [1.54, 1.807) is 11.8 Å². The Labute approximate surface area is 151 Å². The van der Waals surface area contributed by atoms with Crippen molar-refractivity contribution in [3.05, 3.63) is 42.6 Å². The molecule has 0 radical (unpaired) electrons. The van der Waals surface area contributed by atoms with Gasteiger partial charge in [-0.05, 0) is 48.8 Å². The van der Waals surface area contributed by atoms with Crippen LogP contribution in [0.5, 0.6) is 0 Å². The molecule has 1 N–H and O–H groups in total. The van der Waals surface area contributed by atoms with Crippen LogP contribution in [0, 0.1) is 0 Å². The van der Waals surface area contributed by atoms with Crippen LogP contribution in [0.3, 0.4) is 0 Å². The Morgan fingerprint density at radius 3 is 2.67 bits per heavy atom. The number of benzene rings is 1. The number of carboxylic acid groups (broad SMARTS) is 1. The predicted octanol–water partition coefficient (Wildman–Crippen LogP) is 5.35. The highest BCUT2D eigenvalue weighted by Gasteiger charge is 2.20. The van der Waals surface area contributed by atoms with Crippen LogP contribution in [-0.2, 0) is 4.79 Å². The lowest BCUT2D eigenvalue weighted by Crippen LogP contribution is -2.13. The number of aliphatic carboxylic acids is 1. The molecule has 0 amide bonds. The first-order chi connectivity index (χ1) is 11.7. The van der Waals surface area contributed by atoms with Gasteiger partial charge in [-0.15, -0.1) is 23.5 Å². The van der Waals surface area contributed by atoms with Gasteiger partial charge in [0, 0.05) is 28.3 Å². The minimum Gasteiger partial charge on any atom is -0.481 e. The molecule has 1 heterocycles. The maximum absolute atomic E-state index is 10.5. The maximum atomic E-state index is 10.5. The quantitative estimate of drug-likeness (QED) is 0.508. The summed E-state index contributed by atoms with van der Waals surface area (Å²) in [4.78, 5) is 16.3. The van der Waals surface area contributed by atoms with Crippen molar-refractivity contribution in [3.8, 4) is 11.1 Å². The third-order valence-corrected chi connectivity index (χ3v) is 6.52. The van der Waals surface area contributed by atoms with Crippen LogP contribution in [0.4, 0.5) is 0 Å². The Hall–Kier alpha value is -1.46. The highest BCUT2D eigenvalue weighted by Crippen LogP contribution is 2.39. The predicted molar refractivity (Wildman–Crippen MR) is 101 cm³/mol. The molecule has 0 saturated heterocycles. The van der Waals surface area contributed by atoms with Crippen molar-refractivity contribution in [2.24, 2.45) is 0 Å². The van der Waals surface area contributed by atoms with Gasteiger partial charge in [-0.1, -0.05) is 24.6 Å². The van der Waals surface area contributed by atoms with Crippen LogP contribution in [0.1, 0.15) is 32.1 Å². The number of carbonyl (C=O) groups is 1. The van der Waals surface area contributed by atoms with Crippen molar-refractivity contribution in [3.63, 3.8) is 0 Å². The lowest BCUT2D eigenvalue weighted by Gasteiger charge is -2.24. The molecule has 0 bridgehead atoms. The Bertz CT molecular complexity index is 684. The Balaban J connectivity index is 1.63. The van der Waals surface area contributed by atoms with Gasteiger partial charge in [0.25, 0.3) is 0 Å². The average molecular weight is 360 g/mol. The third kappa shape index (κ3) is 4.77. The van der Waals surface area contributed by atoms with Gasteiger partial charge in [-0.3, -0.25) is 4.79 Å². The van der Waals surface area contributed by atoms with E-state index in [2.05, 4.69) is 35.3 Å². The molecular formula is C19H21NO2S2. The lowest BCUT2D eigenvalue weighted by atomic mass is 10.00. The van der Waals surface area contributed by atoms with Gasteiger partial charge in [0.15, 0.2) is 0 Å². The third-order valence-electron chi connectivity index (χ3n) is 4.07. The number of nitrogens with zero attached hydrogens (tertiary/aromatic N) is 1. The molecule has 1 aromatic heterocycles. The molecule has 0 unspecified atom stereocenters. The monoisotopic (exact) mass is 359 g/mol. The van der Waals surface area contributed by atoms with Gasteiger partial charge in [-0.2, -0.15) is 0 Å². The summed E-state index contributed by atoms with van der Waals surface area (Å²) in [5.74, 6) is 0.112. The van der Waals surface area contributed by atoms with Crippen molar-refractivity contribution < 1.29 is 9.90 Å². The molecule has 1 saturated carbocycles. The zero-order chi connectivity index (χ0) is 16.8. The first-order valence-electron chi connectivity index (χ1n) is 8.29. The van der Waals surface area contributed by atoms with Gasteiger partial charge >= 0.3 is 5.97 Å². The largest absolute Gasteiger partial charge is 0.481 e. The lowest BCUT2D eigenvalue weighted by molar-refractivity contribution is -0.137. The zero-order valence-corrected chi connectivity index (χ0v) is 15.1. The molecule has 126 valence electrons. The summed E-state index contributed by atoms with van der Waals surface area (Å²) in [6.07, 6.45) is 6.75. The number of thioether (sulfide) groups is 2. The highest BCUT2D eigenvalue weighted by atomic mass is 32.2. The zero-order valence-electron chi connectivity index (χ0n) is 13.5. The molecule has 1 fully saturated rings. The number of aromatic nitrogens is 1. The standard InChI is InChI=1S/C19H21NO2S2/c21-18(22)7-3-13-23-15-10-8-14(9-11-15)17-6-2-12-20-19(17)24-16-4-1-5-16/h2,6,8-12,16H,1,3-5,7,13H2,(H,21,22). The topological polar surface area (TPSA) is 50.2 Å². The minimum absolute atomic E-state index is 0.239. The van der Waals surface area contributed by atoms with Crippen molar-refractivity contribution in [1.82, 2.24) is 4.98 Å².